The van der Waals surface area contributed by atoms with Crippen LogP contribution in [0.3, 0.4) is 0 Å². The van der Waals surface area contributed by atoms with Crippen molar-refractivity contribution in [1.82, 2.24) is 9.88 Å². The Balaban J connectivity index is 1.32. The maximum atomic E-state index is 12.7. The summed E-state index contributed by atoms with van der Waals surface area (Å²) in [6.45, 7) is 4.10. The molecule has 0 aliphatic carbocycles. The lowest BCUT2D eigenvalue weighted by Crippen LogP contribution is -2.39. The van der Waals surface area contributed by atoms with Gasteiger partial charge in [0.1, 0.15) is 11.3 Å². The summed E-state index contributed by atoms with van der Waals surface area (Å²) in [5, 5.41) is 0.965. The van der Waals surface area contributed by atoms with Crippen molar-refractivity contribution in [3.05, 3.63) is 60.1 Å². The van der Waals surface area contributed by atoms with Gasteiger partial charge in [-0.15, -0.1) is 0 Å². The summed E-state index contributed by atoms with van der Waals surface area (Å²) in [6, 6.07) is 13.4. The van der Waals surface area contributed by atoms with Crippen molar-refractivity contribution in [2.24, 2.45) is 5.92 Å². The molecule has 0 saturated carbocycles. The van der Waals surface area contributed by atoms with E-state index >= 15 is 0 Å². The van der Waals surface area contributed by atoms with E-state index in [0.717, 1.165) is 48.3 Å². The monoisotopic (exact) mass is 350 g/mol. The fourth-order valence-corrected chi connectivity index (χ4v) is 3.37. The van der Waals surface area contributed by atoms with Crippen molar-refractivity contribution in [2.45, 2.75) is 19.8 Å². The number of nitrogens with zero attached hydrogens (tertiary/aromatic N) is 2. The van der Waals surface area contributed by atoms with Crippen molar-refractivity contribution in [3.63, 3.8) is 0 Å². The number of para-hydroxylation sites is 1. The molecule has 5 nitrogen and oxygen atoms in total. The van der Waals surface area contributed by atoms with Crippen LogP contribution in [0.15, 0.2) is 53.1 Å². The Labute approximate surface area is 152 Å². The number of aryl methyl sites for hydroxylation is 1. The zero-order valence-corrected chi connectivity index (χ0v) is 14.9. The number of piperidine rings is 1. The Morgan fingerprint density at radius 1 is 1.23 bits per heavy atom. The minimum absolute atomic E-state index is 0.0228. The zero-order valence-electron chi connectivity index (χ0n) is 14.9. The van der Waals surface area contributed by atoms with Gasteiger partial charge in [0.25, 0.3) is 5.91 Å². The van der Waals surface area contributed by atoms with Gasteiger partial charge in [-0.3, -0.25) is 9.78 Å². The third-order valence-electron chi connectivity index (χ3n) is 4.89. The van der Waals surface area contributed by atoms with E-state index in [2.05, 4.69) is 4.98 Å². The molecule has 0 spiro atoms. The third-order valence-corrected chi connectivity index (χ3v) is 4.89. The number of pyridine rings is 1. The van der Waals surface area contributed by atoms with Crippen molar-refractivity contribution >= 4 is 16.9 Å². The molecule has 5 heteroatoms. The van der Waals surface area contributed by atoms with E-state index in [0.29, 0.717) is 18.3 Å². The number of benzene rings is 1. The van der Waals surface area contributed by atoms with E-state index in [-0.39, 0.29) is 5.91 Å². The van der Waals surface area contributed by atoms with Crippen LogP contribution >= 0.6 is 0 Å². The van der Waals surface area contributed by atoms with Gasteiger partial charge in [-0.2, -0.15) is 0 Å². The average Bonchev–Trinajstić information content (AvgIpc) is 3.10. The smallest absolute Gasteiger partial charge is 0.289 e. The molecule has 0 bridgehead atoms. The largest absolute Gasteiger partial charge is 0.493 e. The normalized spacial score (nSPS) is 15.3. The summed E-state index contributed by atoms with van der Waals surface area (Å²) in [6.07, 6.45) is 3.64. The predicted molar refractivity (Wildman–Crippen MR) is 99.3 cm³/mol. The molecule has 0 radical (unpaired) electrons. The molecule has 1 aromatic carbocycles. The molecule has 3 aromatic rings. The molecular formula is C21H22N2O3. The number of carbonyl (C=O) groups is 1. The van der Waals surface area contributed by atoms with Crippen LogP contribution in [-0.4, -0.2) is 35.5 Å². The van der Waals surface area contributed by atoms with E-state index in [1.165, 1.54) is 0 Å². The number of ether oxygens (including phenoxy) is 1. The number of fused-ring (bicyclic) bond motifs is 1. The zero-order chi connectivity index (χ0) is 17.9. The van der Waals surface area contributed by atoms with Crippen LogP contribution in [0.25, 0.3) is 11.0 Å². The summed E-state index contributed by atoms with van der Waals surface area (Å²) in [4.78, 5) is 18.7. The second-order valence-electron chi connectivity index (χ2n) is 6.83. The van der Waals surface area contributed by atoms with Gasteiger partial charge in [-0.25, -0.2) is 0 Å². The number of hydrogen-bond acceptors (Lipinski definition) is 4. The highest BCUT2D eigenvalue weighted by molar-refractivity contribution is 5.96. The van der Waals surface area contributed by atoms with Gasteiger partial charge >= 0.3 is 0 Å². The topological polar surface area (TPSA) is 55.6 Å². The van der Waals surface area contributed by atoms with Crippen LogP contribution in [0.1, 0.15) is 29.1 Å². The fourth-order valence-electron chi connectivity index (χ4n) is 3.37. The first-order valence-electron chi connectivity index (χ1n) is 9.02. The first-order valence-corrected chi connectivity index (χ1v) is 9.02. The SMILES string of the molecule is Cc1cc(OCC2CCN(C(=O)c3cc4ccccc4o3)CC2)ccn1. The molecule has 0 atom stereocenters. The Hall–Kier alpha value is -2.82. The van der Waals surface area contributed by atoms with Crippen molar-refractivity contribution in [3.8, 4) is 5.75 Å². The maximum Gasteiger partial charge on any atom is 0.289 e. The number of likely N-dealkylation sites (tertiary alicyclic amines) is 1. The van der Waals surface area contributed by atoms with Crippen LogP contribution in [0.5, 0.6) is 5.75 Å². The predicted octanol–water partition coefficient (Wildman–Crippen LogP) is 4.07. The first kappa shape index (κ1) is 16.6. The van der Waals surface area contributed by atoms with Crippen LogP contribution < -0.4 is 4.74 Å². The Bertz CT molecular complexity index is 877. The van der Waals surface area contributed by atoms with Crippen LogP contribution in [0.2, 0.25) is 0 Å². The highest BCUT2D eigenvalue weighted by Gasteiger charge is 2.26. The highest BCUT2D eigenvalue weighted by Crippen LogP contribution is 2.24. The molecule has 0 unspecified atom stereocenters. The minimum atomic E-state index is -0.0228. The van der Waals surface area contributed by atoms with Crippen LogP contribution in [-0.2, 0) is 0 Å². The molecule has 1 aliphatic heterocycles. The van der Waals surface area contributed by atoms with Gasteiger partial charge in [0.2, 0.25) is 0 Å². The molecule has 1 amide bonds. The number of aromatic nitrogens is 1. The summed E-state index contributed by atoms with van der Waals surface area (Å²) in [5.41, 5.74) is 1.71. The fraction of sp³-hybridized carbons (Fsp3) is 0.333. The number of rotatable bonds is 4. The van der Waals surface area contributed by atoms with Crippen molar-refractivity contribution in [2.75, 3.05) is 19.7 Å². The Morgan fingerprint density at radius 2 is 2.04 bits per heavy atom. The maximum absolute atomic E-state index is 12.7. The lowest BCUT2D eigenvalue weighted by Gasteiger charge is -2.31. The second kappa shape index (κ2) is 7.20. The Kier molecular flexibility index (Phi) is 4.61. The standard InChI is InChI=1S/C21H22N2O3/c1-15-12-18(6-9-22-15)25-14-16-7-10-23(11-8-16)21(24)20-13-17-4-2-3-5-19(17)26-20/h2-6,9,12-13,16H,7-8,10-11,14H2,1H3. The highest BCUT2D eigenvalue weighted by atomic mass is 16.5. The van der Waals surface area contributed by atoms with E-state index in [1.807, 2.05) is 54.3 Å². The lowest BCUT2D eigenvalue weighted by molar-refractivity contribution is 0.0632. The molecule has 134 valence electrons. The van der Waals surface area contributed by atoms with E-state index in [1.54, 1.807) is 6.20 Å². The number of furan rings is 1. The van der Waals surface area contributed by atoms with Crippen molar-refractivity contribution < 1.29 is 13.9 Å². The lowest BCUT2D eigenvalue weighted by atomic mass is 9.97. The van der Waals surface area contributed by atoms with E-state index in [9.17, 15) is 4.79 Å². The minimum Gasteiger partial charge on any atom is -0.493 e. The molecule has 1 fully saturated rings. The van der Waals surface area contributed by atoms with E-state index < -0.39 is 0 Å². The summed E-state index contributed by atoms with van der Waals surface area (Å²) in [5.74, 6) is 1.72. The van der Waals surface area contributed by atoms with Crippen LogP contribution in [0.4, 0.5) is 0 Å². The summed E-state index contributed by atoms with van der Waals surface area (Å²) >= 11 is 0. The van der Waals surface area contributed by atoms with Gasteiger partial charge in [0.15, 0.2) is 5.76 Å². The number of hydrogen-bond donors (Lipinski definition) is 0. The van der Waals surface area contributed by atoms with E-state index in [4.69, 9.17) is 9.15 Å². The molecule has 4 rings (SSSR count). The first-order chi connectivity index (χ1) is 12.7. The van der Waals surface area contributed by atoms with Gasteiger partial charge in [-0.1, -0.05) is 18.2 Å². The summed E-state index contributed by atoms with van der Waals surface area (Å²) < 4.78 is 11.6. The molecule has 2 aromatic heterocycles. The molecular weight excluding hydrogens is 328 g/mol. The molecule has 26 heavy (non-hydrogen) atoms. The molecule has 1 saturated heterocycles. The van der Waals surface area contributed by atoms with Gasteiger partial charge in [0, 0.05) is 36.4 Å². The van der Waals surface area contributed by atoms with Gasteiger partial charge in [0.05, 0.1) is 6.61 Å². The van der Waals surface area contributed by atoms with Crippen LogP contribution in [0, 0.1) is 12.8 Å². The van der Waals surface area contributed by atoms with Gasteiger partial charge < -0.3 is 14.1 Å². The third kappa shape index (κ3) is 3.57. The number of carbonyl (C=O) groups excluding carboxylic acids is 1. The Morgan fingerprint density at radius 3 is 2.81 bits per heavy atom. The molecule has 1 aliphatic rings. The number of amides is 1. The van der Waals surface area contributed by atoms with Crippen molar-refractivity contribution in [1.29, 1.82) is 0 Å². The quantitative estimate of drug-likeness (QED) is 0.712. The molecule has 3 heterocycles. The molecule has 0 N–H and O–H groups in total. The second-order valence-corrected chi connectivity index (χ2v) is 6.83. The van der Waals surface area contributed by atoms with Gasteiger partial charge in [-0.05, 0) is 43.9 Å². The average molecular weight is 350 g/mol. The summed E-state index contributed by atoms with van der Waals surface area (Å²) in [7, 11) is 0.